The minimum Gasteiger partial charge on any atom is -0.0961 e. The average Bonchev–Trinajstić information content (AvgIpc) is 1.90. The second kappa shape index (κ2) is 5.63. The molecule has 56 valence electrons. The number of rotatable bonds is 3. The van der Waals surface area contributed by atoms with Gasteiger partial charge in [0.25, 0.3) is 0 Å². The van der Waals surface area contributed by atoms with Crippen molar-refractivity contribution in [3.63, 3.8) is 0 Å². The van der Waals surface area contributed by atoms with Gasteiger partial charge in [-0.2, -0.15) is 0 Å². The molecule has 0 unspecified atom stereocenters. The summed E-state index contributed by atoms with van der Waals surface area (Å²) in [5.41, 5.74) is 1.03. The molecule has 0 bridgehead atoms. The molecule has 0 nitrogen and oxygen atoms in total. The normalized spacial score (nSPS) is 12.5. The lowest BCUT2D eigenvalue weighted by Crippen LogP contribution is -1.65. The zero-order valence-corrected chi connectivity index (χ0v) is 7.80. The molecule has 0 aliphatic rings. The molecule has 2 heteroatoms. The summed E-state index contributed by atoms with van der Waals surface area (Å²) in [5, 5.41) is 0. The van der Waals surface area contributed by atoms with E-state index in [-0.39, 0.29) is 0 Å². The third-order valence-electron chi connectivity index (χ3n) is 0.906. The molecule has 0 saturated carbocycles. The number of hydrogen-bond acceptors (Lipinski definition) is 1. The molecular formula is C8H11ClS. The monoisotopic (exact) mass is 174 g/mol. The summed E-state index contributed by atoms with van der Waals surface area (Å²) in [5.74, 6) is 0. The van der Waals surface area contributed by atoms with E-state index in [0.717, 1.165) is 10.5 Å². The van der Waals surface area contributed by atoms with Crippen molar-refractivity contribution in [3.8, 4) is 0 Å². The van der Waals surface area contributed by atoms with E-state index in [9.17, 15) is 0 Å². The van der Waals surface area contributed by atoms with Crippen LogP contribution in [-0.2, 0) is 0 Å². The van der Waals surface area contributed by atoms with Crippen molar-refractivity contribution in [2.45, 2.75) is 13.8 Å². The molecule has 0 aliphatic heterocycles. The van der Waals surface area contributed by atoms with Gasteiger partial charge in [0.05, 0.1) is 0 Å². The van der Waals surface area contributed by atoms with Crippen LogP contribution in [0.25, 0.3) is 0 Å². The minimum atomic E-state index is 1.03. The highest BCUT2D eigenvalue weighted by Gasteiger charge is 1.85. The second-order valence-electron chi connectivity index (χ2n) is 1.95. The smallest absolute Gasteiger partial charge is 0.0190 e. The molecule has 10 heavy (non-hydrogen) atoms. The summed E-state index contributed by atoms with van der Waals surface area (Å²) in [6, 6.07) is 0. The van der Waals surface area contributed by atoms with Gasteiger partial charge < -0.3 is 0 Å². The third kappa shape index (κ3) is 4.71. The molecule has 0 amide bonds. The molecule has 0 rings (SSSR count). The highest BCUT2D eigenvalue weighted by molar-refractivity contribution is 8.24. The Bertz CT molecular complexity index is 168. The summed E-state index contributed by atoms with van der Waals surface area (Å²) in [6.07, 6.45) is 5.84. The van der Waals surface area contributed by atoms with Gasteiger partial charge in [0, 0.05) is 4.91 Å². The first-order valence-corrected chi connectivity index (χ1v) is 4.63. The van der Waals surface area contributed by atoms with Gasteiger partial charge in [0.1, 0.15) is 0 Å². The molecule has 0 radical (unpaired) electrons. The SMILES string of the molecule is C=C(C)/C=C\C(=C/C)SCl. The number of halogens is 1. The molecular weight excluding hydrogens is 164 g/mol. The van der Waals surface area contributed by atoms with Crippen LogP contribution in [0, 0.1) is 0 Å². The van der Waals surface area contributed by atoms with Gasteiger partial charge >= 0.3 is 0 Å². The Labute approximate surface area is 71.2 Å². The molecule has 0 aromatic carbocycles. The van der Waals surface area contributed by atoms with Crippen molar-refractivity contribution in [1.29, 1.82) is 0 Å². The molecule has 0 fully saturated rings. The van der Waals surface area contributed by atoms with Crippen LogP contribution < -0.4 is 0 Å². The Kier molecular flexibility index (Phi) is 5.55. The zero-order valence-electron chi connectivity index (χ0n) is 6.23. The van der Waals surface area contributed by atoms with Gasteiger partial charge in [-0.1, -0.05) is 24.3 Å². The molecule has 0 aromatic heterocycles. The topological polar surface area (TPSA) is 0 Å². The van der Waals surface area contributed by atoms with Crippen molar-refractivity contribution < 1.29 is 0 Å². The average molecular weight is 175 g/mol. The van der Waals surface area contributed by atoms with Crippen molar-refractivity contribution >= 4 is 21.7 Å². The summed E-state index contributed by atoms with van der Waals surface area (Å²) < 4.78 is 0. The first-order valence-electron chi connectivity index (χ1n) is 2.99. The van der Waals surface area contributed by atoms with Gasteiger partial charge in [0.2, 0.25) is 0 Å². The van der Waals surface area contributed by atoms with Crippen molar-refractivity contribution in [1.82, 2.24) is 0 Å². The van der Waals surface area contributed by atoms with Crippen molar-refractivity contribution in [2.75, 3.05) is 0 Å². The van der Waals surface area contributed by atoms with Gasteiger partial charge in [0.15, 0.2) is 0 Å². The summed E-state index contributed by atoms with van der Waals surface area (Å²) in [4.78, 5) is 1.05. The number of allylic oxidation sites excluding steroid dienone is 4. The summed E-state index contributed by atoms with van der Waals surface area (Å²) in [6.45, 7) is 7.63. The van der Waals surface area contributed by atoms with Gasteiger partial charge in [-0.25, -0.2) is 0 Å². The quantitative estimate of drug-likeness (QED) is 0.585. The van der Waals surface area contributed by atoms with Gasteiger partial charge in [-0.15, -0.1) is 0 Å². The standard InChI is InChI=1S/C8H11ClS/c1-4-8(10-9)6-5-7(2)3/h4-6H,2H2,1,3H3/b6-5-,8-4+. The molecule has 0 heterocycles. The van der Waals surface area contributed by atoms with E-state index in [2.05, 4.69) is 6.58 Å². The van der Waals surface area contributed by atoms with Crippen LogP contribution in [0.15, 0.2) is 35.3 Å². The zero-order chi connectivity index (χ0) is 7.98. The Morgan fingerprint density at radius 2 is 2.10 bits per heavy atom. The van der Waals surface area contributed by atoms with E-state index in [0.29, 0.717) is 0 Å². The van der Waals surface area contributed by atoms with Crippen LogP contribution >= 0.6 is 21.7 Å². The van der Waals surface area contributed by atoms with Gasteiger partial charge in [-0.3, -0.25) is 0 Å². The lowest BCUT2D eigenvalue weighted by molar-refractivity contribution is 1.55. The maximum absolute atomic E-state index is 5.52. The summed E-state index contributed by atoms with van der Waals surface area (Å²) >= 11 is 0. The van der Waals surface area contributed by atoms with E-state index in [1.54, 1.807) is 0 Å². The highest BCUT2D eigenvalue weighted by Crippen LogP contribution is 2.20. The predicted molar refractivity (Wildman–Crippen MR) is 51.2 cm³/mol. The molecule has 0 spiro atoms. The first-order chi connectivity index (χ1) is 4.70. The van der Waals surface area contributed by atoms with E-state index < -0.39 is 0 Å². The predicted octanol–water partition coefficient (Wildman–Crippen LogP) is 3.91. The molecule has 0 aromatic rings. The van der Waals surface area contributed by atoms with E-state index in [1.165, 1.54) is 11.0 Å². The van der Waals surface area contributed by atoms with Crippen LogP contribution in [0.2, 0.25) is 0 Å². The Balaban J connectivity index is 3.98. The second-order valence-corrected chi connectivity index (χ2v) is 3.04. The van der Waals surface area contributed by atoms with Crippen molar-refractivity contribution in [3.05, 3.63) is 35.3 Å². The fourth-order valence-corrected chi connectivity index (χ4v) is 1.02. The minimum absolute atomic E-state index is 1.03. The van der Waals surface area contributed by atoms with E-state index >= 15 is 0 Å². The van der Waals surface area contributed by atoms with Crippen molar-refractivity contribution in [2.24, 2.45) is 0 Å². The number of hydrogen-bond donors (Lipinski definition) is 0. The molecule has 0 aliphatic carbocycles. The Morgan fingerprint density at radius 3 is 2.40 bits per heavy atom. The van der Waals surface area contributed by atoms with Crippen LogP contribution in [0.4, 0.5) is 0 Å². The lowest BCUT2D eigenvalue weighted by atomic mass is 10.3. The maximum atomic E-state index is 5.52. The van der Waals surface area contributed by atoms with Crippen LogP contribution in [-0.4, -0.2) is 0 Å². The van der Waals surface area contributed by atoms with Crippen LogP contribution in [0.5, 0.6) is 0 Å². The fourth-order valence-electron chi connectivity index (χ4n) is 0.391. The van der Waals surface area contributed by atoms with Crippen LogP contribution in [0.1, 0.15) is 13.8 Å². The van der Waals surface area contributed by atoms with Gasteiger partial charge in [-0.05, 0) is 41.6 Å². The summed E-state index contributed by atoms with van der Waals surface area (Å²) in [7, 11) is 6.74. The third-order valence-corrected chi connectivity index (χ3v) is 1.99. The van der Waals surface area contributed by atoms with Crippen LogP contribution in [0.3, 0.4) is 0 Å². The van der Waals surface area contributed by atoms with E-state index in [1.807, 2.05) is 32.1 Å². The Hall–Kier alpha value is -0.140. The molecule has 0 saturated heterocycles. The maximum Gasteiger partial charge on any atom is 0.0190 e. The molecule has 0 N–H and O–H groups in total. The highest BCUT2D eigenvalue weighted by atomic mass is 35.7. The molecule has 0 atom stereocenters. The first kappa shape index (κ1) is 9.86. The van der Waals surface area contributed by atoms with E-state index in [4.69, 9.17) is 10.7 Å². The largest absolute Gasteiger partial charge is 0.0961 e. The fraction of sp³-hybridized carbons (Fsp3) is 0.250. The Morgan fingerprint density at radius 1 is 1.50 bits per heavy atom. The lowest BCUT2D eigenvalue weighted by Gasteiger charge is -1.90.